The number of nitrogen functional groups attached to an aromatic ring is 1. The Morgan fingerprint density at radius 3 is 2.62 bits per heavy atom. The van der Waals surface area contributed by atoms with Crippen molar-refractivity contribution < 1.29 is 0 Å². The number of aromatic nitrogens is 3. The topological polar surface area (TPSA) is 82.8 Å². The summed E-state index contributed by atoms with van der Waals surface area (Å²) < 4.78 is 1.58. The minimum atomic E-state index is -0.0617. The maximum atomic E-state index is 6.06. The molecular weight excluding hydrogens is 166 g/mol. The van der Waals surface area contributed by atoms with Crippen LogP contribution in [-0.4, -0.2) is 20.3 Å². The highest BCUT2D eigenvalue weighted by Crippen LogP contribution is 2.31. The molecule has 0 bridgehead atoms. The van der Waals surface area contributed by atoms with E-state index in [1.54, 1.807) is 11.7 Å². The Morgan fingerprint density at radius 2 is 2.23 bits per heavy atom. The van der Waals surface area contributed by atoms with Gasteiger partial charge in [-0.1, -0.05) is 0 Å². The molecule has 0 radical (unpaired) electrons. The van der Waals surface area contributed by atoms with Gasteiger partial charge in [0, 0.05) is 19.0 Å². The second-order valence-corrected chi connectivity index (χ2v) is 3.90. The summed E-state index contributed by atoms with van der Waals surface area (Å²) in [4.78, 5) is 4.13. The molecular formula is C8H15N5. The van der Waals surface area contributed by atoms with E-state index >= 15 is 0 Å². The molecule has 2 rings (SSSR count). The molecule has 1 heterocycles. The van der Waals surface area contributed by atoms with E-state index in [2.05, 4.69) is 10.1 Å². The van der Waals surface area contributed by atoms with Crippen molar-refractivity contribution in [3.8, 4) is 0 Å². The van der Waals surface area contributed by atoms with Crippen molar-refractivity contribution in [2.45, 2.75) is 31.2 Å². The van der Waals surface area contributed by atoms with Gasteiger partial charge in [-0.05, 0) is 19.3 Å². The molecule has 0 unspecified atom stereocenters. The zero-order chi connectivity index (χ0) is 9.47. The molecule has 13 heavy (non-hydrogen) atoms. The van der Waals surface area contributed by atoms with Gasteiger partial charge in [-0.2, -0.15) is 10.1 Å². The fourth-order valence-electron chi connectivity index (χ4n) is 1.65. The van der Waals surface area contributed by atoms with Crippen LogP contribution in [0.25, 0.3) is 0 Å². The molecule has 72 valence electrons. The molecule has 0 spiro atoms. The molecule has 1 saturated carbocycles. The average Bonchev–Trinajstić information content (AvgIpc) is 2.28. The molecule has 0 aliphatic heterocycles. The van der Waals surface area contributed by atoms with E-state index in [4.69, 9.17) is 11.5 Å². The van der Waals surface area contributed by atoms with Gasteiger partial charge in [0.15, 0.2) is 5.82 Å². The number of hydrogen-bond acceptors (Lipinski definition) is 4. The van der Waals surface area contributed by atoms with Gasteiger partial charge in [0.1, 0.15) is 0 Å². The molecule has 1 aromatic rings. The quantitative estimate of drug-likeness (QED) is 0.663. The number of anilines is 1. The number of hydrogen-bond donors (Lipinski definition) is 2. The second-order valence-electron chi connectivity index (χ2n) is 3.90. The fraction of sp³-hybridized carbons (Fsp3) is 0.750. The molecule has 1 aliphatic rings. The predicted octanol–water partition coefficient (Wildman–Crippen LogP) is -0.179. The molecule has 0 atom stereocenters. The second kappa shape index (κ2) is 2.70. The Morgan fingerprint density at radius 1 is 1.54 bits per heavy atom. The van der Waals surface area contributed by atoms with Gasteiger partial charge < -0.3 is 11.5 Å². The average molecular weight is 181 g/mol. The summed E-state index contributed by atoms with van der Waals surface area (Å²) in [6, 6.07) is 0. The van der Waals surface area contributed by atoms with E-state index in [1.165, 1.54) is 6.42 Å². The van der Waals surface area contributed by atoms with Gasteiger partial charge in [0.25, 0.3) is 0 Å². The van der Waals surface area contributed by atoms with Crippen LogP contribution in [0, 0.1) is 0 Å². The summed E-state index contributed by atoms with van der Waals surface area (Å²) in [6.07, 6.45) is 4.12. The van der Waals surface area contributed by atoms with Crippen LogP contribution in [0.1, 0.15) is 25.1 Å². The van der Waals surface area contributed by atoms with Gasteiger partial charge in [-0.25, -0.2) is 4.68 Å². The van der Waals surface area contributed by atoms with Crippen LogP contribution in [-0.2, 0) is 13.5 Å². The summed E-state index contributed by atoms with van der Waals surface area (Å²) in [5, 5.41) is 4.18. The van der Waals surface area contributed by atoms with Crippen molar-refractivity contribution in [1.82, 2.24) is 14.8 Å². The summed E-state index contributed by atoms with van der Waals surface area (Å²) in [7, 11) is 1.79. The van der Waals surface area contributed by atoms with Crippen molar-refractivity contribution in [2.75, 3.05) is 5.73 Å². The van der Waals surface area contributed by atoms with Crippen molar-refractivity contribution in [2.24, 2.45) is 12.8 Å². The van der Waals surface area contributed by atoms with Crippen molar-refractivity contribution in [3.63, 3.8) is 0 Å². The smallest absolute Gasteiger partial charge is 0.218 e. The standard InChI is InChI=1S/C8H15N5/c1-13-7(9)11-6(12-13)5-8(10)3-2-4-8/h2-5,10H2,1H3,(H2,9,11,12). The van der Waals surface area contributed by atoms with Crippen LogP contribution >= 0.6 is 0 Å². The monoisotopic (exact) mass is 181 g/mol. The van der Waals surface area contributed by atoms with Gasteiger partial charge in [-0.15, -0.1) is 0 Å². The predicted molar refractivity (Wildman–Crippen MR) is 49.9 cm³/mol. The first-order chi connectivity index (χ1) is 6.09. The van der Waals surface area contributed by atoms with E-state index in [0.29, 0.717) is 5.95 Å². The molecule has 0 aromatic carbocycles. The largest absolute Gasteiger partial charge is 0.368 e. The number of rotatable bonds is 2. The fourth-order valence-corrected chi connectivity index (χ4v) is 1.65. The Balaban J connectivity index is 2.09. The minimum Gasteiger partial charge on any atom is -0.368 e. The summed E-state index contributed by atoms with van der Waals surface area (Å²) in [5.41, 5.74) is 11.6. The van der Waals surface area contributed by atoms with Crippen LogP contribution < -0.4 is 11.5 Å². The first-order valence-electron chi connectivity index (χ1n) is 4.53. The first-order valence-corrected chi connectivity index (χ1v) is 4.53. The van der Waals surface area contributed by atoms with Gasteiger partial charge in [-0.3, -0.25) is 0 Å². The van der Waals surface area contributed by atoms with Crippen molar-refractivity contribution >= 4 is 5.95 Å². The summed E-state index contributed by atoms with van der Waals surface area (Å²) in [5.74, 6) is 1.22. The number of nitrogens with zero attached hydrogens (tertiary/aromatic N) is 3. The van der Waals surface area contributed by atoms with E-state index < -0.39 is 0 Å². The maximum Gasteiger partial charge on any atom is 0.218 e. The Labute approximate surface area is 77.1 Å². The molecule has 5 heteroatoms. The van der Waals surface area contributed by atoms with Crippen LogP contribution in [0.3, 0.4) is 0 Å². The third-order valence-electron chi connectivity index (χ3n) is 2.70. The third kappa shape index (κ3) is 1.51. The van der Waals surface area contributed by atoms with Crippen LogP contribution in [0.4, 0.5) is 5.95 Å². The zero-order valence-corrected chi connectivity index (χ0v) is 7.82. The third-order valence-corrected chi connectivity index (χ3v) is 2.70. The highest BCUT2D eigenvalue weighted by Gasteiger charge is 2.33. The zero-order valence-electron chi connectivity index (χ0n) is 7.82. The number of aryl methyl sites for hydroxylation is 1. The molecule has 0 amide bonds. The van der Waals surface area contributed by atoms with Gasteiger partial charge in [0.05, 0.1) is 0 Å². The van der Waals surface area contributed by atoms with E-state index in [0.717, 1.165) is 25.1 Å². The molecule has 4 N–H and O–H groups in total. The lowest BCUT2D eigenvalue weighted by molar-refractivity contribution is 0.243. The van der Waals surface area contributed by atoms with Crippen molar-refractivity contribution in [3.05, 3.63) is 5.82 Å². The SMILES string of the molecule is Cn1nc(CC2(N)CCC2)nc1N. The van der Waals surface area contributed by atoms with E-state index in [-0.39, 0.29) is 5.54 Å². The van der Waals surface area contributed by atoms with Crippen LogP contribution in [0.15, 0.2) is 0 Å². The van der Waals surface area contributed by atoms with E-state index in [1.807, 2.05) is 0 Å². The lowest BCUT2D eigenvalue weighted by Gasteiger charge is -2.37. The van der Waals surface area contributed by atoms with Gasteiger partial charge in [0.2, 0.25) is 5.95 Å². The number of nitrogens with two attached hydrogens (primary N) is 2. The van der Waals surface area contributed by atoms with Crippen LogP contribution in [0.5, 0.6) is 0 Å². The Kier molecular flexibility index (Phi) is 1.76. The molecule has 1 aliphatic carbocycles. The summed E-state index contributed by atoms with van der Waals surface area (Å²) >= 11 is 0. The van der Waals surface area contributed by atoms with Gasteiger partial charge >= 0.3 is 0 Å². The summed E-state index contributed by atoms with van der Waals surface area (Å²) in [6.45, 7) is 0. The molecule has 0 saturated heterocycles. The van der Waals surface area contributed by atoms with Crippen LogP contribution in [0.2, 0.25) is 0 Å². The highest BCUT2D eigenvalue weighted by molar-refractivity contribution is 5.16. The normalized spacial score (nSPS) is 19.8. The molecule has 1 aromatic heterocycles. The Bertz CT molecular complexity index is 293. The minimum absolute atomic E-state index is 0.0617. The molecule has 1 fully saturated rings. The van der Waals surface area contributed by atoms with Crippen molar-refractivity contribution in [1.29, 1.82) is 0 Å². The lowest BCUT2D eigenvalue weighted by atomic mass is 9.75. The first kappa shape index (κ1) is 8.50. The molecule has 5 nitrogen and oxygen atoms in total. The Hall–Kier alpha value is -1.10. The highest BCUT2D eigenvalue weighted by atomic mass is 15.4. The van der Waals surface area contributed by atoms with E-state index in [9.17, 15) is 0 Å². The maximum absolute atomic E-state index is 6.06. The lowest BCUT2D eigenvalue weighted by Crippen LogP contribution is -2.48.